The van der Waals surface area contributed by atoms with Crippen LogP contribution in [0.1, 0.15) is 24.7 Å². The van der Waals surface area contributed by atoms with E-state index < -0.39 is 5.54 Å². The molecule has 29 heavy (non-hydrogen) atoms. The quantitative estimate of drug-likeness (QED) is 0.534. The van der Waals surface area contributed by atoms with E-state index in [4.69, 9.17) is 4.42 Å². The van der Waals surface area contributed by atoms with Crippen molar-refractivity contribution in [2.45, 2.75) is 32.0 Å². The third kappa shape index (κ3) is 3.19. The molecular weight excluding hydrogens is 360 g/mol. The van der Waals surface area contributed by atoms with Gasteiger partial charge in [0.25, 0.3) is 0 Å². The van der Waals surface area contributed by atoms with Gasteiger partial charge in [0.05, 0.1) is 12.1 Å². The molecule has 1 fully saturated rings. The Morgan fingerprint density at radius 2 is 1.79 bits per heavy atom. The summed E-state index contributed by atoms with van der Waals surface area (Å²) in [4.78, 5) is 15.2. The molecule has 0 bridgehead atoms. The Morgan fingerprint density at radius 1 is 1.03 bits per heavy atom. The molecule has 1 N–H and O–H groups in total. The predicted molar refractivity (Wildman–Crippen MR) is 115 cm³/mol. The molecule has 1 unspecified atom stereocenters. The molecule has 2 heterocycles. The Kier molecular flexibility index (Phi) is 4.36. The van der Waals surface area contributed by atoms with E-state index in [-0.39, 0.29) is 5.91 Å². The molecule has 1 atom stereocenters. The Bertz CT molecular complexity index is 1160. The van der Waals surface area contributed by atoms with Gasteiger partial charge in [0.1, 0.15) is 11.3 Å². The van der Waals surface area contributed by atoms with Crippen LogP contribution in [0.3, 0.4) is 0 Å². The number of para-hydroxylation sites is 1. The topological polar surface area (TPSA) is 45.5 Å². The number of hydrogen-bond acceptors (Lipinski definition) is 3. The minimum Gasteiger partial charge on any atom is -0.460 e. The lowest BCUT2D eigenvalue weighted by Gasteiger charge is -2.48. The van der Waals surface area contributed by atoms with Crippen molar-refractivity contribution in [3.05, 3.63) is 84.1 Å². The second-order valence-corrected chi connectivity index (χ2v) is 8.02. The summed E-state index contributed by atoms with van der Waals surface area (Å²) in [5.74, 6) is 0.978. The van der Waals surface area contributed by atoms with E-state index in [1.165, 1.54) is 10.8 Å². The van der Waals surface area contributed by atoms with Crippen LogP contribution >= 0.6 is 0 Å². The van der Waals surface area contributed by atoms with Gasteiger partial charge in [-0.05, 0) is 41.8 Å². The molecule has 1 aromatic heterocycles. The van der Waals surface area contributed by atoms with Crippen LogP contribution in [-0.2, 0) is 17.9 Å². The van der Waals surface area contributed by atoms with Crippen LogP contribution in [0.15, 0.2) is 77.2 Å². The van der Waals surface area contributed by atoms with E-state index in [0.29, 0.717) is 13.1 Å². The van der Waals surface area contributed by atoms with Gasteiger partial charge in [0, 0.05) is 18.5 Å². The zero-order valence-corrected chi connectivity index (χ0v) is 16.5. The first kappa shape index (κ1) is 18.0. The van der Waals surface area contributed by atoms with Crippen LogP contribution in [0.2, 0.25) is 0 Å². The lowest BCUT2D eigenvalue weighted by Crippen LogP contribution is -2.65. The summed E-state index contributed by atoms with van der Waals surface area (Å²) < 4.78 is 5.95. The molecule has 0 aliphatic carbocycles. The lowest BCUT2D eigenvalue weighted by molar-refractivity contribution is -0.142. The van der Waals surface area contributed by atoms with Gasteiger partial charge in [-0.1, -0.05) is 60.7 Å². The molecule has 1 amide bonds. The van der Waals surface area contributed by atoms with Crippen LogP contribution in [0.25, 0.3) is 21.7 Å². The van der Waals surface area contributed by atoms with Crippen molar-refractivity contribution < 1.29 is 9.21 Å². The third-order valence-electron chi connectivity index (χ3n) is 6.20. The average molecular weight is 384 g/mol. The van der Waals surface area contributed by atoms with Gasteiger partial charge < -0.3 is 9.73 Å². The van der Waals surface area contributed by atoms with Crippen molar-refractivity contribution in [2.24, 2.45) is 0 Å². The maximum absolute atomic E-state index is 13.0. The Morgan fingerprint density at radius 3 is 2.59 bits per heavy atom. The first-order valence-corrected chi connectivity index (χ1v) is 10.1. The van der Waals surface area contributed by atoms with E-state index in [0.717, 1.165) is 35.3 Å². The second kappa shape index (κ2) is 7.05. The number of carbonyl (C=O) groups is 1. The number of hydrogen-bond donors (Lipinski definition) is 1. The Hall–Kier alpha value is -3.11. The van der Waals surface area contributed by atoms with Crippen molar-refractivity contribution in [1.82, 2.24) is 10.2 Å². The van der Waals surface area contributed by atoms with Crippen molar-refractivity contribution >= 4 is 27.6 Å². The average Bonchev–Trinajstić information content (AvgIpc) is 3.17. The summed E-state index contributed by atoms with van der Waals surface area (Å²) in [5.41, 5.74) is 1.54. The molecule has 4 aromatic rings. The van der Waals surface area contributed by atoms with E-state index in [9.17, 15) is 4.79 Å². The van der Waals surface area contributed by atoms with E-state index >= 15 is 0 Å². The lowest BCUT2D eigenvalue weighted by atomic mass is 9.85. The number of amides is 1. The number of nitrogens with one attached hydrogen (secondary N) is 1. The first-order valence-electron chi connectivity index (χ1n) is 10.1. The Labute approximate surface area is 170 Å². The highest BCUT2D eigenvalue weighted by atomic mass is 16.3. The fraction of sp³-hybridized carbons (Fsp3) is 0.240. The van der Waals surface area contributed by atoms with Gasteiger partial charge in [-0.3, -0.25) is 9.69 Å². The van der Waals surface area contributed by atoms with Crippen molar-refractivity contribution in [2.75, 3.05) is 6.54 Å². The molecule has 1 aliphatic heterocycles. The van der Waals surface area contributed by atoms with Gasteiger partial charge in [-0.15, -0.1) is 0 Å². The zero-order chi connectivity index (χ0) is 19.8. The van der Waals surface area contributed by atoms with Crippen LogP contribution in [0, 0.1) is 0 Å². The number of rotatable bonds is 5. The van der Waals surface area contributed by atoms with Gasteiger partial charge in [-0.2, -0.15) is 0 Å². The maximum atomic E-state index is 13.0. The number of fused-ring (bicyclic) bond motifs is 2. The predicted octanol–water partition coefficient (Wildman–Crippen LogP) is 4.87. The summed E-state index contributed by atoms with van der Waals surface area (Å²) in [7, 11) is 0. The van der Waals surface area contributed by atoms with Crippen LogP contribution in [0.5, 0.6) is 0 Å². The van der Waals surface area contributed by atoms with Gasteiger partial charge in [0.15, 0.2) is 0 Å². The van der Waals surface area contributed by atoms with E-state index in [1.807, 2.05) is 43.3 Å². The Balaban J connectivity index is 1.28. The SMILES string of the molecule is CC1(C(=O)NCc2cccc3ccccc23)CCN1Cc1cc2ccccc2o1. The number of carbonyl (C=O) groups excluding carboxylic acids is 1. The normalized spacial score (nSPS) is 19.3. The molecule has 0 spiro atoms. The highest BCUT2D eigenvalue weighted by Crippen LogP contribution is 2.33. The van der Waals surface area contributed by atoms with Gasteiger partial charge >= 0.3 is 0 Å². The standard InChI is InChI=1S/C25H24N2O2/c1-25(13-14-27(25)17-21-15-19-8-3-5-12-23(19)29-21)24(28)26-16-20-10-6-9-18-7-2-4-11-22(18)20/h2-12,15H,13-14,16-17H2,1H3,(H,26,28). The summed E-state index contributed by atoms with van der Waals surface area (Å²) in [6.45, 7) is 4.11. The fourth-order valence-electron chi connectivity index (χ4n) is 4.23. The highest BCUT2D eigenvalue weighted by molar-refractivity contribution is 5.89. The van der Waals surface area contributed by atoms with Crippen molar-refractivity contribution in [1.29, 1.82) is 0 Å². The molecule has 146 valence electrons. The fourth-order valence-corrected chi connectivity index (χ4v) is 4.23. The summed E-state index contributed by atoms with van der Waals surface area (Å²) in [5, 5.41) is 6.65. The molecule has 3 aromatic carbocycles. The molecule has 5 rings (SSSR count). The number of benzene rings is 3. The first-order chi connectivity index (χ1) is 14.1. The zero-order valence-electron chi connectivity index (χ0n) is 16.5. The minimum atomic E-state index is -0.496. The molecule has 1 saturated heterocycles. The molecular formula is C25H24N2O2. The molecule has 4 nitrogen and oxygen atoms in total. The van der Waals surface area contributed by atoms with Crippen LogP contribution in [0.4, 0.5) is 0 Å². The molecule has 4 heteroatoms. The maximum Gasteiger partial charge on any atom is 0.240 e. The number of nitrogens with zero attached hydrogens (tertiary/aromatic N) is 1. The number of furan rings is 1. The smallest absolute Gasteiger partial charge is 0.240 e. The van der Waals surface area contributed by atoms with Crippen molar-refractivity contribution in [3.63, 3.8) is 0 Å². The monoisotopic (exact) mass is 384 g/mol. The van der Waals surface area contributed by atoms with Crippen LogP contribution in [-0.4, -0.2) is 22.9 Å². The van der Waals surface area contributed by atoms with Gasteiger partial charge in [0.2, 0.25) is 5.91 Å². The van der Waals surface area contributed by atoms with Crippen LogP contribution < -0.4 is 5.32 Å². The summed E-state index contributed by atoms with van der Waals surface area (Å²) >= 11 is 0. The summed E-state index contributed by atoms with van der Waals surface area (Å²) in [6, 6.07) is 24.6. The summed E-state index contributed by atoms with van der Waals surface area (Å²) in [6.07, 6.45) is 0.856. The third-order valence-corrected chi connectivity index (χ3v) is 6.20. The molecule has 1 aliphatic rings. The van der Waals surface area contributed by atoms with Gasteiger partial charge in [-0.25, -0.2) is 0 Å². The second-order valence-electron chi connectivity index (χ2n) is 8.02. The largest absolute Gasteiger partial charge is 0.460 e. The van der Waals surface area contributed by atoms with Crippen molar-refractivity contribution in [3.8, 4) is 0 Å². The highest BCUT2D eigenvalue weighted by Gasteiger charge is 2.46. The number of likely N-dealkylation sites (tertiary alicyclic amines) is 1. The van der Waals surface area contributed by atoms with E-state index in [2.05, 4.69) is 46.6 Å². The molecule has 0 saturated carbocycles. The molecule has 0 radical (unpaired) electrons. The van der Waals surface area contributed by atoms with E-state index in [1.54, 1.807) is 0 Å². The minimum absolute atomic E-state index is 0.0767.